The summed E-state index contributed by atoms with van der Waals surface area (Å²) >= 11 is 1.35. The molecule has 7 heteroatoms. The number of sulfonamides is 1. The zero-order valence-electron chi connectivity index (χ0n) is 12.5. The van der Waals surface area contributed by atoms with Gasteiger partial charge in [0.2, 0.25) is 5.91 Å². The summed E-state index contributed by atoms with van der Waals surface area (Å²) < 4.78 is 27.1. The quantitative estimate of drug-likeness (QED) is 0.898. The van der Waals surface area contributed by atoms with Crippen LogP contribution in [0.15, 0.2) is 16.3 Å². The van der Waals surface area contributed by atoms with E-state index in [2.05, 4.69) is 5.32 Å². The zero-order chi connectivity index (χ0) is 15.5. The standard InChI is InChI=1S/C14H22N2O3S2/c1-3-12-5-6-14(20-12)21(18,19)16-9-7-11(8-10-16)15-13(17)4-2/h5-6,11H,3-4,7-10H2,1-2H3,(H,15,17). The molecule has 1 N–H and O–H groups in total. The first-order valence-corrected chi connectivity index (χ1v) is 9.61. The van der Waals surface area contributed by atoms with E-state index in [1.165, 1.54) is 15.6 Å². The van der Waals surface area contributed by atoms with Gasteiger partial charge in [-0.05, 0) is 31.4 Å². The van der Waals surface area contributed by atoms with Crippen molar-refractivity contribution in [1.29, 1.82) is 0 Å². The molecular weight excluding hydrogens is 308 g/mol. The van der Waals surface area contributed by atoms with Gasteiger partial charge in [-0.15, -0.1) is 11.3 Å². The first-order chi connectivity index (χ1) is 9.97. The molecule has 1 aromatic rings. The summed E-state index contributed by atoms with van der Waals surface area (Å²) in [5.41, 5.74) is 0. The molecule has 0 atom stereocenters. The highest BCUT2D eigenvalue weighted by molar-refractivity contribution is 7.91. The first kappa shape index (κ1) is 16.5. The van der Waals surface area contributed by atoms with Gasteiger partial charge in [0.05, 0.1) is 0 Å². The maximum atomic E-state index is 12.6. The third kappa shape index (κ3) is 3.84. The Morgan fingerprint density at radius 3 is 2.52 bits per heavy atom. The fourth-order valence-electron chi connectivity index (χ4n) is 2.38. The summed E-state index contributed by atoms with van der Waals surface area (Å²) in [7, 11) is -3.37. The van der Waals surface area contributed by atoms with E-state index in [9.17, 15) is 13.2 Å². The number of hydrogen-bond donors (Lipinski definition) is 1. The number of carbonyl (C=O) groups excluding carboxylic acids is 1. The van der Waals surface area contributed by atoms with Crippen LogP contribution >= 0.6 is 11.3 Å². The highest BCUT2D eigenvalue weighted by Gasteiger charge is 2.30. The van der Waals surface area contributed by atoms with Crippen LogP contribution in [0.4, 0.5) is 0 Å². The average Bonchev–Trinajstić information content (AvgIpc) is 2.97. The van der Waals surface area contributed by atoms with Crippen LogP contribution in [-0.2, 0) is 21.2 Å². The minimum atomic E-state index is -3.37. The predicted molar refractivity (Wildman–Crippen MR) is 83.9 cm³/mol. The summed E-state index contributed by atoms with van der Waals surface area (Å²) in [5.74, 6) is 0.0298. The van der Waals surface area contributed by atoms with E-state index < -0.39 is 10.0 Å². The molecule has 2 heterocycles. The molecule has 0 saturated carbocycles. The van der Waals surface area contributed by atoms with E-state index in [1.807, 2.05) is 19.9 Å². The topological polar surface area (TPSA) is 66.5 Å². The molecule has 0 bridgehead atoms. The number of rotatable bonds is 5. The highest BCUT2D eigenvalue weighted by Crippen LogP contribution is 2.27. The molecule has 1 aliphatic rings. The van der Waals surface area contributed by atoms with Gasteiger partial charge in [0.25, 0.3) is 10.0 Å². The normalized spacial score (nSPS) is 17.8. The second kappa shape index (κ2) is 6.89. The van der Waals surface area contributed by atoms with Gasteiger partial charge in [0, 0.05) is 30.4 Å². The van der Waals surface area contributed by atoms with Crippen molar-refractivity contribution in [3.8, 4) is 0 Å². The molecule has 0 spiro atoms. The molecule has 0 aliphatic carbocycles. The lowest BCUT2D eigenvalue weighted by Crippen LogP contribution is -2.46. The summed E-state index contributed by atoms with van der Waals surface area (Å²) in [4.78, 5) is 12.5. The molecule has 1 amide bonds. The van der Waals surface area contributed by atoms with Crippen LogP contribution in [0.1, 0.15) is 38.0 Å². The van der Waals surface area contributed by atoms with E-state index in [4.69, 9.17) is 0 Å². The van der Waals surface area contributed by atoms with Crippen LogP contribution in [0.3, 0.4) is 0 Å². The van der Waals surface area contributed by atoms with E-state index in [0.29, 0.717) is 36.6 Å². The molecular formula is C14H22N2O3S2. The minimum absolute atomic E-state index is 0.0298. The minimum Gasteiger partial charge on any atom is -0.353 e. The van der Waals surface area contributed by atoms with Crippen LogP contribution < -0.4 is 5.32 Å². The Bertz CT molecular complexity index is 587. The van der Waals surface area contributed by atoms with Crippen molar-refractivity contribution in [2.45, 2.75) is 49.8 Å². The van der Waals surface area contributed by atoms with E-state index in [-0.39, 0.29) is 11.9 Å². The van der Waals surface area contributed by atoms with Crippen LogP contribution in [-0.4, -0.2) is 37.8 Å². The predicted octanol–water partition coefficient (Wildman–Crippen LogP) is 1.99. The lowest BCUT2D eigenvalue weighted by molar-refractivity contribution is -0.121. The molecule has 0 radical (unpaired) electrons. The first-order valence-electron chi connectivity index (χ1n) is 7.35. The number of hydrogen-bond acceptors (Lipinski definition) is 4. The fourth-order valence-corrected chi connectivity index (χ4v) is 5.30. The third-order valence-electron chi connectivity index (χ3n) is 3.72. The van der Waals surface area contributed by atoms with Crippen molar-refractivity contribution in [1.82, 2.24) is 9.62 Å². The van der Waals surface area contributed by atoms with Gasteiger partial charge < -0.3 is 5.32 Å². The third-order valence-corrected chi connectivity index (χ3v) is 7.32. The van der Waals surface area contributed by atoms with Crippen molar-refractivity contribution >= 4 is 27.3 Å². The Balaban J connectivity index is 1.99. The summed E-state index contributed by atoms with van der Waals surface area (Å²) in [5, 5.41) is 2.94. The van der Waals surface area contributed by atoms with Crippen molar-refractivity contribution in [3.05, 3.63) is 17.0 Å². The molecule has 1 aromatic heterocycles. The monoisotopic (exact) mass is 330 g/mol. The highest BCUT2D eigenvalue weighted by atomic mass is 32.2. The summed E-state index contributed by atoms with van der Waals surface area (Å²) in [6.45, 7) is 4.77. The van der Waals surface area contributed by atoms with Crippen molar-refractivity contribution in [3.63, 3.8) is 0 Å². The van der Waals surface area contributed by atoms with Crippen LogP contribution in [0, 0.1) is 0 Å². The largest absolute Gasteiger partial charge is 0.353 e. The van der Waals surface area contributed by atoms with Gasteiger partial charge in [-0.25, -0.2) is 8.42 Å². The van der Waals surface area contributed by atoms with E-state index in [1.54, 1.807) is 6.07 Å². The lowest BCUT2D eigenvalue weighted by Gasteiger charge is -2.31. The maximum absolute atomic E-state index is 12.6. The number of carbonyl (C=O) groups is 1. The number of nitrogens with zero attached hydrogens (tertiary/aromatic N) is 1. The SMILES string of the molecule is CCC(=O)NC1CCN(S(=O)(=O)c2ccc(CC)s2)CC1. The zero-order valence-corrected chi connectivity index (χ0v) is 14.1. The average molecular weight is 330 g/mol. The molecule has 118 valence electrons. The van der Waals surface area contributed by atoms with Gasteiger partial charge >= 0.3 is 0 Å². The van der Waals surface area contributed by atoms with Crippen LogP contribution in [0.25, 0.3) is 0 Å². The Morgan fingerprint density at radius 1 is 1.33 bits per heavy atom. The Kier molecular flexibility index (Phi) is 5.40. The Morgan fingerprint density at radius 2 is 2.00 bits per heavy atom. The molecule has 1 aliphatic heterocycles. The number of nitrogens with one attached hydrogen (secondary N) is 1. The maximum Gasteiger partial charge on any atom is 0.252 e. The van der Waals surface area contributed by atoms with Crippen LogP contribution in [0.2, 0.25) is 0 Å². The van der Waals surface area contributed by atoms with Gasteiger partial charge in [-0.1, -0.05) is 13.8 Å². The molecule has 21 heavy (non-hydrogen) atoms. The van der Waals surface area contributed by atoms with Gasteiger partial charge in [0.1, 0.15) is 4.21 Å². The number of aryl methyl sites for hydroxylation is 1. The van der Waals surface area contributed by atoms with E-state index in [0.717, 1.165) is 11.3 Å². The lowest BCUT2D eigenvalue weighted by atomic mass is 10.1. The second-order valence-electron chi connectivity index (χ2n) is 5.17. The van der Waals surface area contributed by atoms with Crippen LogP contribution in [0.5, 0.6) is 0 Å². The molecule has 1 saturated heterocycles. The second-order valence-corrected chi connectivity index (χ2v) is 8.51. The Hall–Kier alpha value is -0.920. The number of piperidine rings is 1. The molecule has 1 fully saturated rings. The molecule has 0 unspecified atom stereocenters. The van der Waals surface area contributed by atoms with Gasteiger partial charge in [0.15, 0.2) is 0 Å². The number of thiophene rings is 1. The van der Waals surface area contributed by atoms with Crippen molar-refractivity contribution < 1.29 is 13.2 Å². The Labute approximate surface area is 130 Å². The molecule has 5 nitrogen and oxygen atoms in total. The summed E-state index contributed by atoms with van der Waals surface area (Å²) in [6.07, 6.45) is 2.67. The van der Waals surface area contributed by atoms with Gasteiger partial charge in [-0.3, -0.25) is 4.79 Å². The molecule has 2 rings (SSSR count). The van der Waals surface area contributed by atoms with Gasteiger partial charge in [-0.2, -0.15) is 4.31 Å². The number of amides is 1. The fraction of sp³-hybridized carbons (Fsp3) is 0.643. The van der Waals surface area contributed by atoms with Crippen molar-refractivity contribution in [2.75, 3.05) is 13.1 Å². The van der Waals surface area contributed by atoms with E-state index >= 15 is 0 Å². The van der Waals surface area contributed by atoms with Crippen molar-refractivity contribution in [2.24, 2.45) is 0 Å². The smallest absolute Gasteiger partial charge is 0.252 e. The molecule has 0 aromatic carbocycles. The summed E-state index contributed by atoms with van der Waals surface area (Å²) in [6, 6.07) is 3.67.